The van der Waals surface area contributed by atoms with Gasteiger partial charge in [0, 0.05) is 17.0 Å². The number of aromatic nitrogens is 2. The second kappa shape index (κ2) is 5.08. The molecule has 9 heteroatoms. The van der Waals surface area contributed by atoms with Crippen molar-refractivity contribution >= 4 is 34.5 Å². The molecule has 2 rings (SSSR count). The monoisotopic (exact) mass is 269 g/mol. The van der Waals surface area contributed by atoms with Crippen LogP contribution < -0.4 is 11.3 Å². The van der Waals surface area contributed by atoms with Gasteiger partial charge in [-0.2, -0.15) is 0 Å². The van der Waals surface area contributed by atoms with Crippen molar-refractivity contribution in [2.75, 3.05) is 5.43 Å². The zero-order valence-electron chi connectivity index (χ0n) is 8.36. The average Bonchev–Trinajstić information content (AvgIpc) is 2.81. The van der Waals surface area contributed by atoms with E-state index in [1.807, 2.05) is 0 Å². The highest BCUT2D eigenvalue weighted by atomic mass is 32.2. The number of nitrogens with zero attached hydrogens (tertiary/aromatic N) is 3. The van der Waals surface area contributed by atoms with Crippen LogP contribution in [-0.4, -0.2) is 15.1 Å². The van der Waals surface area contributed by atoms with Crippen molar-refractivity contribution in [3.8, 4) is 0 Å². The minimum Gasteiger partial charge on any atom is -0.324 e. The Kier molecular flexibility index (Phi) is 3.52. The van der Waals surface area contributed by atoms with Gasteiger partial charge in [-0.1, -0.05) is 23.1 Å². The van der Waals surface area contributed by atoms with Crippen LogP contribution in [0, 0.1) is 10.1 Å². The number of nitrogen functional groups attached to an aromatic ring is 1. The van der Waals surface area contributed by atoms with Gasteiger partial charge in [-0.25, -0.2) is 0 Å². The number of hydrazine groups is 1. The molecule has 1 aromatic heterocycles. The van der Waals surface area contributed by atoms with Crippen molar-refractivity contribution in [1.82, 2.24) is 10.2 Å². The first-order chi connectivity index (χ1) is 8.19. The summed E-state index contributed by atoms with van der Waals surface area (Å²) < 4.78 is 0.716. The number of benzene rings is 1. The molecule has 0 bridgehead atoms. The molecular formula is C8H7N5O2S2. The average molecular weight is 269 g/mol. The third-order valence-corrected chi connectivity index (χ3v) is 3.56. The zero-order valence-corrected chi connectivity index (χ0v) is 9.99. The Balaban J connectivity index is 2.33. The fourth-order valence-corrected chi connectivity index (χ4v) is 2.68. The summed E-state index contributed by atoms with van der Waals surface area (Å²) in [4.78, 5) is 10.9. The summed E-state index contributed by atoms with van der Waals surface area (Å²) in [6.07, 6.45) is 0. The van der Waals surface area contributed by atoms with Crippen LogP contribution in [0.25, 0.3) is 0 Å². The minimum atomic E-state index is -0.467. The van der Waals surface area contributed by atoms with E-state index in [9.17, 15) is 10.1 Å². The summed E-state index contributed by atoms with van der Waals surface area (Å²) >= 11 is 2.66. The van der Waals surface area contributed by atoms with Gasteiger partial charge in [0.1, 0.15) is 5.51 Å². The summed E-state index contributed by atoms with van der Waals surface area (Å²) in [5.74, 6) is 5.25. The predicted octanol–water partition coefficient (Wildman–Crippen LogP) is 1.88. The molecule has 0 amide bonds. The Morgan fingerprint density at radius 3 is 2.88 bits per heavy atom. The summed E-state index contributed by atoms with van der Waals surface area (Å²) in [6.45, 7) is 0. The molecule has 17 heavy (non-hydrogen) atoms. The van der Waals surface area contributed by atoms with E-state index in [-0.39, 0.29) is 5.69 Å². The van der Waals surface area contributed by atoms with Crippen LogP contribution in [0.3, 0.4) is 0 Å². The summed E-state index contributed by atoms with van der Waals surface area (Å²) in [5.41, 5.74) is 4.45. The maximum absolute atomic E-state index is 10.7. The molecule has 1 aromatic carbocycles. The highest BCUT2D eigenvalue weighted by Gasteiger charge is 2.11. The van der Waals surface area contributed by atoms with Crippen molar-refractivity contribution in [3.63, 3.8) is 0 Å². The molecule has 0 unspecified atom stereocenters. The molecule has 0 saturated carbocycles. The van der Waals surface area contributed by atoms with E-state index in [1.54, 1.807) is 11.6 Å². The molecule has 88 valence electrons. The van der Waals surface area contributed by atoms with Gasteiger partial charge < -0.3 is 5.43 Å². The third-order valence-electron chi connectivity index (χ3n) is 1.81. The Morgan fingerprint density at radius 1 is 1.47 bits per heavy atom. The topological polar surface area (TPSA) is 107 Å². The van der Waals surface area contributed by atoms with E-state index in [0.29, 0.717) is 14.9 Å². The summed E-state index contributed by atoms with van der Waals surface area (Å²) in [6, 6.07) is 4.54. The Morgan fingerprint density at radius 2 is 2.29 bits per heavy atom. The van der Waals surface area contributed by atoms with E-state index in [1.165, 1.54) is 35.2 Å². The smallest absolute Gasteiger partial charge is 0.272 e. The number of rotatable bonds is 4. The second-order valence-electron chi connectivity index (χ2n) is 2.92. The first-order valence-electron chi connectivity index (χ1n) is 4.39. The molecule has 0 spiro atoms. The lowest BCUT2D eigenvalue weighted by molar-refractivity contribution is -0.385. The maximum Gasteiger partial charge on any atom is 0.272 e. The van der Waals surface area contributed by atoms with Crippen molar-refractivity contribution in [1.29, 1.82) is 0 Å². The van der Waals surface area contributed by atoms with Crippen LogP contribution in [0.5, 0.6) is 0 Å². The number of nitrogens with one attached hydrogen (secondary N) is 1. The number of non-ortho nitro benzene ring substituents is 1. The third kappa shape index (κ3) is 2.90. The van der Waals surface area contributed by atoms with Crippen molar-refractivity contribution in [3.05, 3.63) is 33.8 Å². The normalized spacial score (nSPS) is 10.2. The van der Waals surface area contributed by atoms with Crippen molar-refractivity contribution < 1.29 is 4.92 Å². The number of nitro benzene ring substituents is 1. The van der Waals surface area contributed by atoms with E-state index in [2.05, 4.69) is 15.6 Å². The van der Waals surface area contributed by atoms with E-state index < -0.39 is 4.92 Å². The van der Waals surface area contributed by atoms with Crippen LogP contribution in [-0.2, 0) is 0 Å². The minimum absolute atomic E-state index is 0.0209. The van der Waals surface area contributed by atoms with Gasteiger partial charge in [0.25, 0.3) is 5.69 Å². The second-order valence-corrected chi connectivity index (χ2v) is 5.08. The molecule has 0 aliphatic heterocycles. The molecule has 0 radical (unpaired) electrons. The van der Waals surface area contributed by atoms with Crippen LogP contribution in [0.15, 0.2) is 32.9 Å². The van der Waals surface area contributed by atoms with Crippen molar-refractivity contribution in [2.45, 2.75) is 9.24 Å². The van der Waals surface area contributed by atoms with Crippen molar-refractivity contribution in [2.24, 2.45) is 5.84 Å². The quantitative estimate of drug-likeness (QED) is 0.495. The molecule has 3 N–H and O–H groups in total. The van der Waals surface area contributed by atoms with Gasteiger partial charge in [0.15, 0.2) is 4.34 Å². The van der Waals surface area contributed by atoms with Gasteiger partial charge in [0.2, 0.25) is 0 Å². The number of hydrogen-bond donors (Lipinski definition) is 2. The van der Waals surface area contributed by atoms with E-state index in [0.717, 1.165) is 0 Å². The highest BCUT2D eigenvalue weighted by Crippen LogP contribution is 2.33. The van der Waals surface area contributed by atoms with Gasteiger partial charge in [0.05, 0.1) is 10.6 Å². The van der Waals surface area contributed by atoms with Gasteiger partial charge >= 0.3 is 0 Å². The lowest BCUT2D eigenvalue weighted by Gasteiger charge is -2.03. The number of nitrogens with two attached hydrogens (primary N) is 1. The standard InChI is InChI=1S/C8H7N5O2S2/c9-11-5-1-6(13(14)15)3-7(2-5)17-8-12-10-4-16-8/h1-4,11H,9H2. The fraction of sp³-hybridized carbons (Fsp3) is 0. The van der Waals surface area contributed by atoms with Gasteiger partial charge in [-0.15, -0.1) is 10.2 Å². The van der Waals surface area contributed by atoms with Gasteiger partial charge in [-0.05, 0) is 6.07 Å². The summed E-state index contributed by atoms with van der Waals surface area (Å²) in [5, 5.41) is 18.3. The van der Waals surface area contributed by atoms with Crippen LogP contribution in [0.2, 0.25) is 0 Å². The van der Waals surface area contributed by atoms with Crippen LogP contribution in [0.1, 0.15) is 0 Å². The van der Waals surface area contributed by atoms with Gasteiger partial charge in [-0.3, -0.25) is 16.0 Å². The SMILES string of the molecule is NNc1cc(Sc2nncs2)cc([N+](=O)[O-])c1. The molecule has 7 nitrogen and oxygen atoms in total. The number of nitro groups is 1. The maximum atomic E-state index is 10.7. The van der Waals surface area contributed by atoms with Crippen LogP contribution >= 0.6 is 23.1 Å². The molecule has 0 fully saturated rings. The Hall–Kier alpha value is -1.71. The summed E-state index contributed by atoms with van der Waals surface area (Å²) in [7, 11) is 0. The fourth-order valence-electron chi connectivity index (χ4n) is 1.14. The Labute approximate surface area is 104 Å². The zero-order chi connectivity index (χ0) is 12.3. The lowest BCUT2D eigenvalue weighted by Crippen LogP contribution is -2.07. The molecule has 0 atom stereocenters. The number of anilines is 1. The van der Waals surface area contributed by atoms with E-state index >= 15 is 0 Å². The Bertz CT molecular complexity index is 531. The highest BCUT2D eigenvalue weighted by molar-refractivity contribution is 8.01. The molecule has 0 aliphatic rings. The predicted molar refractivity (Wildman–Crippen MR) is 64.9 cm³/mol. The molecule has 1 heterocycles. The molecular weight excluding hydrogens is 262 g/mol. The van der Waals surface area contributed by atoms with E-state index in [4.69, 9.17) is 5.84 Å². The number of hydrogen-bond acceptors (Lipinski definition) is 8. The first-order valence-corrected chi connectivity index (χ1v) is 6.09. The molecule has 0 aliphatic carbocycles. The first kappa shape index (κ1) is 11.8. The lowest BCUT2D eigenvalue weighted by atomic mass is 10.3. The van der Waals surface area contributed by atoms with Crippen LogP contribution in [0.4, 0.5) is 11.4 Å². The molecule has 2 aromatic rings. The largest absolute Gasteiger partial charge is 0.324 e. The molecule has 0 saturated heterocycles.